The number of likely N-dealkylation sites (tertiary alicyclic amines) is 1. The molecule has 2 saturated carbocycles. The van der Waals surface area contributed by atoms with Gasteiger partial charge in [0.1, 0.15) is 12.9 Å². The zero-order valence-electron chi connectivity index (χ0n) is 14.2. The number of amides is 2. The van der Waals surface area contributed by atoms with Crippen LogP contribution >= 0.6 is 0 Å². The van der Waals surface area contributed by atoms with Crippen LogP contribution in [0.4, 0.5) is 4.79 Å². The fourth-order valence-corrected chi connectivity index (χ4v) is 4.36. The average Bonchev–Trinajstić information content (AvgIpc) is 3.10. The number of ether oxygens (including phenoxy) is 1. The molecule has 1 spiro atoms. The lowest BCUT2D eigenvalue weighted by Crippen LogP contribution is -2.63. The number of hydrogen-bond acceptors (Lipinski definition) is 5. The minimum absolute atomic E-state index is 0.0206. The highest BCUT2D eigenvalue weighted by Crippen LogP contribution is 2.54. The van der Waals surface area contributed by atoms with E-state index in [1.165, 1.54) is 12.8 Å². The Morgan fingerprint density at radius 1 is 1.36 bits per heavy atom. The molecule has 1 aromatic heterocycles. The van der Waals surface area contributed by atoms with Crippen molar-refractivity contribution in [1.82, 2.24) is 25.0 Å². The van der Waals surface area contributed by atoms with Gasteiger partial charge in [0.15, 0.2) is 5.82 Å². The first-order chi connectivity index (χ1) is 12.1. The van der Waals surface area contributed by atoms with Crippen molar-refractivity contribution in [2.75, 3.05) is 19.7 Å². The third-order valence-corrected chi connectivity index (χ3v) is 6.03. The Bertz CT molecular complexity index is 699. The van der Waals surface area contributed by atoms with E-state index in [0.29, 0.717) is 36.8 Å². The van der Waals surface area contributed by atoms with E-state index in [1.807, 2.05) is 15.9 Å². The number of hydrogen-bond donors (Lipinski definition) is 1. The van der Waals surface area contributed by atoms with Gasteiger partial charge in [0, 0.05) is 30.8 Å². The Hall–Kier alpha value is -2.12. The van der Waals surface area contributed by atoms with E-state index in [-0.39, 0.29) is 18.0 Å². The highest BCUT2D eigenvalue weighted by atomic mass is 16.6. The third-order valence-electron chi connectivity index (χ3n) is 6.03. The molecular formula is C17H23N5O3. The highest BCUT2D eigenvalue weighted by molar-refractivity contribution is 5.77. The summed E-state index contributed by atoms with van der Waals surface area (Å²) < 4.78 is 6.88. The van der Waals surface area contributed by atoms with Crippen molar-refractivity contribution in [3.8, 4) is 0 Å². The standard InChI is InChI=1S/C17H23N5O3/c23-14(4-3-12-7-25-16(24)19-12)21-8-17(9-21)5-13(6-17)22-10-18-15(20-22)11-1-2-11/h10-13H,1-9H2,(H,19,24)/t12-/m1/s1. The lowest BCUT2D eigenvalue weighted by molar-refractivity contribution is -0.154. The summed E-state index contributed by atoms with van der Waals surface area (Å²) in [5, 5.41) is 7.34. The van der Waals surface area contributed by atoms with E-state index in [1.54, 1.807) is 0 Å². The predicted octanol–water partition coefficient (Wildman–Crippen LogP) is 1.21. The lowest BCUT2D eigenvalue weighted by Gasteiger charge is -2.58. The normalized spacial score (nSPS) is 27.6. The molecule has 2 aliphatic heterocycles. The first-order valence-corrected chi connectivity index (χ1v) is 9.22. The second kappa shape index (κ2) is 5.44. The molecule has 134 valence electrons. The monoisotopic (exact) mass is 345 g/mol. The molecule has 5 rings (SSSR count). The van der Waals surface area contributed by atoms with Gasteiger partial charge < -0.3 is 15.0 Å². The minimum atomic E-state index is -0.376. The van der Waals surface area contributed by atoms with Crippen molar-refractivity contribution in [3.63, 3.8) is 0 Å². The lowest BCUT2D eigenvalue weighted by atomic mass is 9.60. The van der Waals surface area contributed by atoms with E-state index in [4.69, 9.17) is 4.74 Å². The van der Waals surface area contributed by atoms with Crippen molar-refractivity contribution in [1.29, 1.82) is 0 Å². The van der Waals surface area contributed by atoms with Crippen molar-refractivity contribution < 1.29 is 14.3 Å². The summed E-state index contributed by atoms with van der Waals surface area (Å²) in [6.07, 6.45) is 7.27. The molecule has 8 heteroatoms. The Morgan fingerprint density at radius 2 is 2.16 bits per heavy atom. The van der Waals surface area contributed by atoms with Gasteiger partial charge >= 0.3 is 6.09 Å². The number of nitrogens with zero attached hydrogens (tertiary/aromatic N) is 4. The molecule has 0 bridgehead atoms. The summed E-state index contributed by atoms with van der Waals surface area (Å²) in [4.78, 5) is 29.6. The number of alkyl carbamates (subject to hydrolysis) is 1. The second-order valence-corrected chi connectivity index (χ2v) is 8.15. The van der Waals surface area contributed by atoms with E-state index in [9.17, 15) is 9.59 Å². The summed E-state index contributed by atoms with van der Waals surface area (Å²) in [6, 6.07) is 0.427. The first-order valence-electron chi connectivity index (χ1n) is 9.22. The topological polar surface area (TPSA) is 89.4 Å². The van der Waals surface area contributed by atoms with E-state index >= 15 is 0 Å². The molecule has 8 nitrogen and oxygen atoms in total. The maximum atomic E-state index is 12.3. The van der Waals surface area contributed by atoms with Crippen LogP contribution in [-0.4, -0.2) is 57.4 Å². The molecular weight excluding hydrogens is 322 g/mol. The molecule has 0 unspecified atom stereocenters. The van der Waals surface area contributed by atoms with Crippen molar-refractivity contribution in [2.45, 2.75) is 56.5 Å². The molecule has 1 N–H and O–H groups in total. The molecule has 4 fully saturated rings. The maximum Gasteiger partial charge on any atom is 0.407 e. The third kappa shape index (κ3) is 2.77. The maximum absolute atomic E-state index is 12.3. The van der Waals surface area contributed by atoms with Crippen LogP contribution in [0.25, 0.3) is 0 Å². The average molecular weight is 345 g/mol. The SMILES string of the molecule is O=C1N[C@H](CCC(=O)N2CC3(CC(n4cnc(C5CC5)n4)C3)C2)CO1. The summed E-state index contributed by atoms with van der Waals surface area (Å²) in [7, 11) is 0. The molecule has 4 aliphatic rings. The Kier molecular flexibility index (Phi) is 3.30. The molecule has 2 aliphatic carbocycles. The van der Waals surface area contributed by atoms with Crippen LogP contribution in [0.3, 0.4) is 0 Å². The fourth-order valence-electron chi connectivity index (χ4n) is 4.36. The van der Waals surface area contributed by atoms with E-state index in [2.05, 4.69) is 15.4 Å². The van der Waals surface area contributed by atoms with Gasteiger partial charge in [-0.05, 0) is 32.1 Å². The molecule has 2 amide bonds. The van der Waals surface area contributed by atoms with Gasteiger partial charge in [-0.3, -0.25) is 4.79 Å². The van der Waals surface area contributed by atoms with Gasteiger partial charge in [-0.2, -0.15) is 5.10 Å². The smallest absolute Gasteiger partial charge is 0.407 e. The molecule has 0 radical (unpaired) electrons. The number of carbonyl (C=O) groups excluding carboxylic acids is 2. The molecule has 1 aromatic rings. The quantitative estimate of drug-likeness (QED) is 0.866. The summed E-state index contributed by atoms with van der Waals surface area (Å²) in [5.41, 5.74) is 0.302. The zero-order chi connectivity index (χ0) is 17.0. The minimum Gasteiger partial charge on any atom is -0.447 e. The van der Waals surface area contributed by atoms with Crippen LogP contribution in [0.15, 0.2) is 6.33 Å². The highest BCUT2D eigenvalue weighted by Gasteiger charge is 2.54. The van der Waals surface area contributed by atoms with E-state index < -0.39 is 0 Å². The number of aromatic nitrogens is 3. The zero-order valence-corrected chi connectivity index (χ0v) is 14.2. The predicted molar refractivity (Wildman–Crippen MR) is 86.8 cm³/mol. The molecule has 25 heavy (non-hydrogen) atoms. The van der Waals surface area contributed by atoms with Gasteiger partial charge in [0.25, 0.3) is 0 Å². The number of nitrogens with one attached hydrogen (secondary N) is 1. The van der Waals surface area contributed by atoms with Crippen molar-refractivity contribution in [3.05, 3.63) is 12.2 Å². The summed E-state index contributed by atoms with van der Waals surface area (Å²) >= 11 is 0. The van der Waals surface area contributed by atoms with Gasteiger partial charge in [0.05, 0.1) is 12.1 Å². The molecule has 2 saturated heterocycles. The molecule has 0 aromatic carbocycles. The van der Waals surface area contributed by atoms with Crippen LogP contribution in [-0.2, 0) is 9.53 Å². The number of cyclic esters (lactones) is 1. The van der Waals surface area contributed by atoms with Crippen LogP contribution in [0.5, 0.6) is 0 Å². The van der Waals surface area contributed by atoms with Crippen molar-refractivity contribution in [2.24, 2.45) is 5.41 Å². The van der Waals surface area contributed by atoms with Gasteiger partial charge in [-0.15, -0.1) is 0 Å². The van der Waals surface area contributed by atoms with Crippen LogP contribution in [0, 0.1) is 5.41 Å². The fraction of sp³-hybridized carbons (Fsp3) is 0.765. The van der Waals surface area contributed by atoms with Gasteiger partial charge in [-0.1, -0.05) is 0 Å². The summed E-state index contributed by atoms with van der Waals surface area (Å²) in [6.45, 7) is 2.10. The molecule has 3 heterocycles. The second-order valence-electron chi connectivity index (χ2n) is 8.15. The van der Waals surface area contributed by atoms with Crippen LogP contribution in [0.1, 0.15) is 56.3 Å². The Balaban J connectivity index is 1.06. The van der Waals surface area contributed by atoms with Gasteiger partial charge in [-0.25, -0.2) is 14.5 Å². The van der Waals surface area contributed by atoms with Crippen molar-refractivity contribution >= 4 is 12.0 Å². The summed E-state index contributed by atoms with van der Waals surface area (Å²) in [5.74, 6) is 1.79. The van der Waals surface area contributed by atoms with Gasteiger partial charge in [0.2, 0.25) is 5.91 Å². The molecule has 1 atom stereocenters. The van der Waals surface area contributed by atoms with Crippen LogP contribution < -0.4 is 5.32 Å². The Labute approximate surface area is 145 Å². The van der Waals surface area contributed by atoms with Crippen LogP contribution in [0.2, 0.25) is 0 Å². The largest absolute Gasteiger partial charge is 0.447 e. The van der Waals surface area contributed by atoms with E-state index in [0.717, 1.165) is 31.8 Å². The first kappa shape index (κ1) is 15.2. The number of rotatable bonds is 5. The Morgan fingerprint density at radius 3 is 2.84 bits per heavy atom. The number of carbonyl (C=O) groups is 2.